The number of nitrogens with one attached hydrogen (secondary N) is 2. The van der Waals surface area contributed by atoms with E-state index in [0.29, 0.717) is 17.0 Å². The number of aryl methyl sites for hydroxylation is 1. The van der Waals surface area contributed by atoms with E-state index >= 15 is 0 Å². The Morgan fingerprint density at radius 1 is 0.966 bits per heavy atom. The van der Waals surface area contributed by atoms with Crippen LogP contribution in [0.25, 0.3) is 0 Å². The lowest BCUT2D eigenvalue weighted by molar-refractivity contribution is 0.102. The van der Waals surface area contributed by atoms with Crippen molar-refractivity contribution >= 4 is 27.3 Å². The lowest BCUT2D eigenvalue weighted by Crippen LogP contribution is -2.14. The molecule has 2 N–H and O–H groups in total. The summed E-state index contributed by atoms with van der Waals surface area (Å²) < 4.78 is 45.8. The molecule has 8 heteroatoms. The number of hydrogen-bond donors (Lipinski definition) is 2. The number of sulfonamides is 1. The largest absolute Gasteiger partial charge is 0.497 e. The zero-order valence-corrected chi connectivity index (χ0v) is 16.6. The monoisotopic (exact) mass is 414 g/mol. The lowest BCUT2D eigenvalue weighted by atomic mass is 10.2. The summed E-state index contributed by atoms with van der Waals surface area (Å²) in [6, 6.07) is 16.5. The van der Waals surface area contributed by atoms with Gasteiger partial charge < -0.3 is 10.1 Å². The Kier molecular flexibility index (Phi) is 5.84. The fourth-order valence-corrected chi connectivity index (χ4v) is 3.74. The van der Waals surface area contributed by atoms with E-state index in [1.165, 1.54) is 50.4 Å². The van der Waals surface area contributed by atoms with Gasteiger partial charge in [-0.3, -0.25) is 9.52 Å². The molecule has 0 fully saturated rings. The van der Waals surface area contributed by atoms with E-state index in [0.717, 1.165) is 6.07 Å². The molecule has 3 rings (SSSR count). The van der Waals surface area contributed by atoms with Gasteiger partial charge in [0.2, 0.25) is 0 Å². The SMILES string of the molecule is COc1cccc(NC(=O)c2ccc(NS(=O)(=O)c3ccc(F)c(C)c3)cc2)c1. The third-order valence-electron chi connectivity index (χ3n) is 4.17. The van der Waals surface area contributed by atoms with Gasteiger partial charge in [0.15, 0.2) is 0 Å². The maximum atomic E-state index is 13.4. The first kappa shape index (κ1) is 20.3. The van der Waals surface area contributed by atoms with E-state index in [1.807, 2.05) is 0 Å². The van der Waals surface area contributed by atoms with Gasteiger partial charge in [-0.05, 0) is 67.1 Å². The number of anilines is 2. The number of hydrogen-bond acceptors (Lipinski definition) is 4. The Morgan fingerprint density at radius 3 is 2.34 bits per heavy atom. The van der Waals surface area contributed by atoms with E-state index < -0.39 is 15.8 Å². The fraction of sp³-hybridized carbons (Fsp3) is 0.0952. The van der Waals surface area contributed by atoms with Crippen molar-refractivity contribution < 1.29 is 22.3 Å². The molecule has 0 saturated heterocycles. The smallest absolute Gasteiger partial charge is 0.261 e. The second-order valence-electron chi connectivity index (χ2n) is 6.28. The van der Waals surface area contributed by atoms with Crippen LogP contribution in [0, 0.1) is 12.7 Å². The molecule has 150 valence electrons. The van der Waals surface area contributed by atoms with Crippen LogP contribution in [-0.2, 0) is 10.0 Å². The molecular weight excluding hydrogens is 395 g/mol. The van der Waals surface area contributed by atoms with Gasteiger partial charge in [-0.15, -0.1) is 0 Å². The van der Waals surface area contributed by atoms with Gasteiger partial charge in [-0.25, -0.2) is 12.8 Å². The summed E-state index contributed by atoms with van der Waals surface area (Å²) >= 11 is 0. The molecule has 0 bridgehead atoms. The molecule has 0 unspecified atom stereocenters. The van der Waals surface area contributed by atoms with Crippen LogP contribution in [-0.4, -0.2) is 21.4 Å². The highest BCUT2D eigenvalue weighted by atomic mass is 32.2. The van der Waals surface area contributed by atoms with Crippen LogP contribution < -0.4 is 14.8 Å². The number of amides is 1. The Balaban J connectivity index is 1.72. The summed E-state index contributed by atoms with van der Waals surface area (Å²) in [6.07, 6.45) is 0. The molecule has 29 heavy (non-hydrogen) atoms. The highest BCUT2D eigenvalue weighted by Crippen LogP contribution is 2.20. The number of rotatable bonds is 6. The van der Waals surface area contributed by atoms with Crippen molar-refractivity contribution in [2.45, 2.75) is 11.8 Å². The van der Waals surface area contributed by atoms with Crippen LogP contribution in [0.2, 0.25) is 0 Å². The summed E-state index contributed by atoms with van der Waals surface area (Å²) in [5, 5.41) is 2.74. The van der Waals surface area contributed by atoms with Gasteiger partial charge in [0.05, 0.1) is 12.0 Å². The minimum absolute atomic E-state index is 0.0451. The second kappa shape index (κ2) is 8.32. The highest BCUT2D eigenvalue weighted by molar-refractivity contribution is 7.92. The van der Waals surface area contributed by atoms with E-state index in [-0.39, 0.29) is 22.1 Å². The number of methoxy groups -OCH3 is 1. The predicted octanol–water partition coefficient (Wildman–Crippen LogP) is 4.20. The third-order valence-corrected chi connectivity index (χ3v) is 5.55. The van der Waals surface area contributed by atoms with E-state index in [9.17, 15) is 17.6 Å². The maximum absolute atomic E-state index is 13.4. The van der Waals surface area contributed by atoms with Crippen LogP contribution >= 0.6 is 0 Å². The van der Waals surface area contributed by atoms with Gasteiger partial charge in [-0.1, -0.05) is 6.07 Å². The van der Waals surface area contributed by atoms with E-state index in [1.54, 1.807) is 24.3 Å². The quantitative estimate of drug-likeness (QED) is 0.633. The molecule has 0 aliphatic heterocycles. The van der Waals surface area contributed by atoms with Crippen molar-refractivity contribution in [1.82, 2.24) is 0 Å². The minimum atomic E-state index is -3.87. The number of ether oxygens (including phenoxy) is 1. The van der Waals surface area contributed by atoms with Gasteiger partial charge in [0, 0.05) is 23.0 Å². The van der Waals surface area contributed by atoms with Crippen molar-refractivity contribution in [1.29, 1.82) is 0 Å². The number of benzene rings is 3. The second-order valence-corrected chi connectivity index (χ2v) is 7.96. The average Bonchev–Trinajstić information content (AvgIpc) is 2.70. The third kappa shape index (κ3) is 4.91. The van der Waals surface area contributed by atoms with Crippen molar-refractivity contribution in [3.8, 4) is 5.75 Å². The zero-order chi connectivity index (χ0) is 21.0. The zero-order valence-electron chi connectivity index (χ0n) is 15.8. The molecule has 3 aromatic rings. The predicted molar refractivity (Wildman–Crippen MR) is 109 cm³/mol. The first-order chi connectivity index (χ1) is 13.8. The number of carbonyl (C=O) groups excluding carboxylic acids is 1. The van der Waals surface area contributed by atoms with Crippen LogP contribution in [0.3, 0.4) is 0 Å². The van der Waals surface area contributed by atoms with Crippen LogP contribution in [0.1, 0.15) is 15.9 Å². The molecule has 0 radical (unpaired) electrons. The van der Waals surface area contributed by atoms with Gasteiger partial charge in [-0.2, -0.15) is 0 Å². The summed E-state index contributed by atoms with van der Waals surface area (Å²) in [7, 11) is -2.34. The van der Waals surface area contributed by atoms with Crippen molar-refractivity contribution in [3.05, 3.63) is 83.7 Å². The maximum Gasteiger partial charge on any atom is 0.261 e. The van der Waals surface area contributed by atoms with E-state index in [2.05, 4.69) is 10.0 Å². The van der Waals surface area contributed by atoms with Gasteiger partial charge >= 0.3 is 0 Å². The molecule has 0 saturated carbocycles. The summed E-state index contributed by atoms with van der Waals surface area (Å²) in [6.45, 7) is 1.49. The number of halogens is 1. The molecular formula is C21H19FN2O4S. The molecule has 0 aliphatic carbocycles. The van der Waals surface area contributed by atoms with Gasteiger partial charge in [0.25, 0.3) is 15.9 Å². The van der Waals surface area contributed by atoms with Crippen LogP contribution in [0.4, 0.5) is 15.8 Å². The molecule has 0 atom stereocenters. The first-order valence-corrected chi connectivity index (χ1v) is 10.1. The lowest BCUT2D eigenvalue weighted by Gasteiger charge is -2.10. The van der Waals surface area contributed by atoms with Crippen molar-refractivity contribution in [2.75, 3.05) is 17.1 Å². The Labute approximate surface area is 168 Å². The van der Waals surface area contributed by atoms with E-state index in [4.69, 9.17) is 4.74 Å². The van der Waals surface area contributed by atoms with Crippen molar-refractivity contribution in [2.24, 2.45) is 0 Å². The molecule has 0 aromatic heterocycles. The molecule has 6 nitrogen and oxygen atoms in total. The first-order valence-electron chi connectivity index (χ1n) is 8.63. The Morgan fingerprint density at radius 2 is 1.69 bits per heavy atom. The van der Waals surface area contributed by atoms with Crippen LogP contribution in [0.5, 0.6) is 5.75 Å². The van der Waals surface area contributed by atoms with Gasteiger partial charge in [0.1, 0.15) is 11.6 Å². The Hall–Kier alpha value is -3.39. The highest BCUT2D eigenvalue weighted by Gasteiger charge is 2.16. The summed E-state index contributed by atoms with van der Waals surface area (Å²) in [5.74, 6) is -0.208. The summed E-state index contributed by atoms with van der Waals surface area (Å²) in [5.41, 5.74) is 1.45. The topological polar surface area (TPSA) is 84.5 Å². The Bertz CT molecular complexity index is 1150. The van der Waals surface area contributed by atoms with Crippen molar-refractivity contribution in [3.63, 3.8) is 0 Å². The number of carbonyl (C=O) groups is 1. The molecule has 1 amide bonds. The fourth-order valence-electron chi connectivity index (χ4n) is 2.59. The molecule has 0 aliphatic rings. The minimum Gasteiger partial charge on any atom is -0.497 e. The molecule has 0 spiro atoms. The average molecular weight is 414 g/mol. The molecule has 3 aromatic carbocycles. The van der Waals surface area contributed by atoms with Crippen LogP contribution in [0.15, 0.2) is 71.6 Å². The molecule has 0 heterocycles. The standard InChI is InChI=1S/C21H19FN2O4S/c1-14-12-19(10-11-20(14)22)29(26,27)24-16-8-6-15(7-9-16)21(25)23-17-4-3-5-18(13-17)28-2/h3-13,24H,1-2H3,(H,23,25). The normalized spacial score (nSPS) is 11.0. The summed E-state index contributed by atoms with van der Waals surface area (Å²) in [4.78, 5) is 12.3.